The summed E-state index contributed by atoms with van der Waals surface area (Å²) in [4.78, 5) is 4.14. The Labute approximate surface area is 175 Å². The Morgan fingerprint density at radius 2 is 1.89 bits per heavy atom. The molecule has 0 heterocycles. The Kier molecular flexibility index (Phi) is 10.5. The number of ether oxygens (including phenoxy) is 2. The van der Waals surface area contributed by atoms with Crippen LogP contribution in [0.4, 0.5) is 8.78 Å². The summed E-state index contributed by atoms with van der Waals surface area (Å²) in [5.74, 6) is 1.56. The summed E-state index contributed by atoms with van der Waals surface area (Å²) in [5.41, 5.74) is 1.77. The minimum Gasteiger partial charge on any atom is -0.497 e. The number of aliphatic imine (C=N–C) groups is 1. The van der Waals surface area contributed by atoms with Crippen molar-refractivity contribution in [2.24, 2.45) is 4.99 Å². The van der Waals surface area contributed by atoms with Gasteiger partial charge in [0.15, 0.2) is 5.96 Å². The molecule has 0 radical (unpaired) electrons. The van der Waals surface area contributed by atoms with Crippen LogP contribution >= 0.6 is 24.0 Å². The van der Waals surface area contributed by atoms with Crippen LogP contribution in [0.3, 0.4) is 0 Å². The lowest BCUT2D eigenvalue weighted by atomic mass is 10.1. The van der Waals surface area contributed by atoms with Crippen molar-refractivity contribution in [2.45, 2.75) is 19.6 Å². The maximum atomic E-state index is 12.5. The molecule has 0 aliphatic heterocycles. The molecular weight excluding hydrogens is 467 g/mol. The molecular formula is C19H24F2IN3O2. The number of rotatable bonds is 8. The molecule has 27 heavy (non-hydrogen) atoms. The van der Waals surface area contributed by atoms with E-state index in [2.05, 4.69) is 20.4 Å². The van der Waals surface area contributed by atoms with E-state index in [9.17, 15) is 8.78 Å². The smallest absolute Gasteiger partial charge is 0.387 e. The van der Waals surface area contributed by atoms with Crippen molar-refractivity contribution in [3.8, 4) is 11.5 Å². The van der Waals surface area contributed by atoms with Crippen LogP contribution in [0.15, 0.2) is 53.5 Å². The number of nitrogens with one attached hydrogen (secondary N) is 2. The molecule has 0 saturated carbocycles. The predicted octanol–water partition coefficient (Wildman–Crippen LogP) is 3.82. The van der Waals surface area contributed by atoms with Crippen LogP contribution in [-0.4, -0.2) is 33.3 Å². The van der Waals surface area contributed by atoms with Crippen LogP contribution in [-0.2, 0) is 13.0 Å². The molecule has 5 nitrogen and oxygen atoms in total. The van der Waals surface area contributed by atoms with E-state index in [0.717, 1.165) is 17.7 Å². The molecule has 0 aliphatic rings. The van der Waals surface area contributed by atoms with Crippen molar-refractivity contribution in [2.75, 3.05) is 20.7 Å². The topological polar surface area (TPSA) is 54.9 Å². The lowest BCUT2D eigenvalue weighted by Crippen LogP contribution is -2.37. The zero-order valence-electron chi connectivity index (χ0n) is 15.2. The highest BCUT2D eigenvalue weighted by Gasteiger charge is 2.09. The fourth-order valence-corrected chi connectivity index (χ4v) is 2.41. The lowest BCUT2D eigenvalue weighted by molar-refractivity contribution is -0.0504. The van der Waals surface area contributed by atoms with Gasteiger partial charge in [-0.25, -0.2) is 0 Å². The third kappa shape index (κ3) is 7.98. The Bertz CT molecular complexity index is 730. The highest BCUT2D eigenvalue weighted by Crippen LogP contribution is 2.19. The molecule has 0 unspecified atom stereocenters. The number of halogens is 3. The third-order valence-electron chi connectivity index (χ3n) is 3.70. The van der Waals surface area contributed by atoms with Crippen LogP contribution in [0.2, 0.25) is 0 Å². The van der Waals surface area contributed by atoms with Crippen LogP contribution in [0.1, 0.15) is 11.1 Å². The van der Waals surface area contributed by atoms with E-state index < -0.39 is 6.61 Å². The average molecular weight is 491 g/mol. The monoisotopic (exact) mass is 491 g/mol. The molecule has 2 aromatic rings. The van der Waals surface area contributed by atoms with Gasteiger partial charge in [-0.1, -0.05) is 30.3 Å². The normalized spacial score (nSPS) is 10.9. The maximum Gasteiger partial charge on any atom is 0.387 e. The van der Waals surface area contributed by atoms with Gasteiger partial charge >= 0.3 is 6.61 Å². The quantitative estimate of drug-likeness (QED) is 0.335. The first-order valence-corrected chi connectivity index (χ1v) is 8.22. The summed E-state index contributed by atoms with van der Waals surface area (Å²) in [6.45, 7) is -1.86. The number of hydrogen-bond donors (Lipinski definition) is 2. The second-order valence-corrected chi connectivity index (χ2v) is 5.44. The standard InChI is InChI=1S/C19H23F2N3O2.HI/c1-22-19(23-11-10-14-6-5-8-16(12-14)25-2)24-13-15-7-3-4-9-17(15)26-18(20)21;/h3-9,12,18H,10-11,13H2,1-2H3,(H2,22,23,24);1H. The number of benzene rings is 2. The van der Waals surface area contributed by atoms with Gasteiger partial charge in [-0.15, -0.1) is 24.0 Å². The second-order valence-electron chi connectivity index (χ2n) is 5.44. The Morgan fingerprint density at radius 1 is 1.11 bits per heavy atom. The molecule has 0 atom stereocenters. The fourth-order valence-electron chi connectivity index (χ4n) is 2.41. The summed E-state index contributed by atoms with van der Waals surface area (Å²) in [5, 5.41) is 6.29. The highest BCUT2D eigenvalue weighted by atomic mass is 127. The van der Waals surface area contributed by atoms with E-state index in [1.165, 1.54) is 6.07 Å². The van der Waals surface area contributed by atoms with Crippen LogP contribution in [0, 0.1) is 0 Å². The molecule has 2 N–H and O–H groups in total. The summed E-state index contributed by atoms with van der Waals surface area (Å²) in [6.07, 6.45) is 0.795. The SMILES string of the molecule is CN=C(NCCc1cccc(OC)c1)NCc1ccccc1OC(F)F.I. The highest BCUT2D eigenvalue weighted by molar-refractivity contribution is 14.0. The minimum atomic E-state index is -2.85. The third-order valence-corrected chi connectivity index (χ3v) is 3.70. The summed E-state index contributed by atoms with van der Waals surface area (Å²) in [6, 6.07) is 14.5. The lowest BCUT2D eigenvalue weighted by Gasteiger charge is -2.14. The fraction of sp³-hybridized carbons (Fsp3) is 0.316. The average Bonchev–Trinajstić information content (AvgIpc) is 2.65. The molecule has 0 fully saturated rings. The van der Waals surface area contributed by atoms with Crippen molar-refractivity contribution in [1.29, 1.82) is 0 Å². The largest absolute Gasteiger partial charge is 0.497 e. The van der Waals surface area contributed by atoms with Crippen molar-refractivity contribution in [1.82, 2.24) is 10.6 Å². The molecule has 8 heteroatoms. The van der Waals surface area contributed by atoms with Gasteiger partial charge in [0, 0.05) is 25.7 Å². The van der Waals surface area contributed by atoms with E-state index in [4.69, 9.17) is 4.74 Å². The van der Waals surface area contributed by atoms with Crippen molar-refractivity contribution in [3.05, 3.63) is 59.7 Å². The van der Waals surface area contributed by atoms with Gasteiger partial charge in [-0.05, 0) is 30.2 Å². The Hall–Kier alpha value is -2.10. The summed E-state index contributed by atoms with van der Waals surface area (Å²) < 4.78 is 34.7. The van der Waals surface area contributed by atoms with Gasteiger partial charge in [0.2, 0.25) is 0 Å². The molecule has 2 rings (SSSR count). The maximum absolute atomic E-state index is 12.5. The molecule has 0 saturated heterocycles. The van der Waals surface area contributed by atoms with Crippen molar-refractivity contribution >= 4 is 29.9 Å². The first-order valence-electron chi connectivity index (χ1n) is 8.22. The van der Waals surface area contributed by atoms with Crippen molar-refractivity contribution in [3.63, 3.8) is 0 Å². The van der Waals surface area contributed by atoms with Gasteiger partial charge < -0.3 is 20.1 Å². The van der Waals surface area contributed by atoms with E-state index >= 15 is 0 Å². The predicted molar refractivity (Wildman–Crippen MR) is 113 cm³/mol. The molecule has 0 aromatic heterocycles. The van der Waals surface area contributed by atoms with Gasteiger partial charge in [0.1, 0.15) is 11.5 Å². The second kappa shape index (κ2) is 12.3. The first-order chi connectivity index (χ1) is 12.6. The summed E-state index contributed by atoms with van der Waals surface area (Å²) >= 11 is 0. The Morgan fingerprint density at radius 3 is 2.59 bits per heavy atom. The Balaban J connectivity index is 0.00000364. The molecule has 0 aliphatic carbocycles. The zero-order chi connectivity index (χ0) is 18.8. The molecule has 0 amide bonds. The first kappa shape index (κ1) is 22.9. The minimum absolute atomic E-state index is 0. The van der Waals surface area contributed by atoms with Gasteiger partial charge in [-0.2, -0.15) is 8.78 Å². The van der Waals surface area contributed by atoms with E-state index in [1.54, 1.807) is 32.4 Å². The number of guanidine groups is 1. The number of nitrogens with zero attached hydrogens (tertiary/aromatic N) is 1. The zero-order valence-corrected chi connectivity index (χ0v) is 17.6. The summed E-state index contributed by atoms with van der Waals surface area (Å²) in [7, 11) is 3.29. The molecule has 0 spiro atoms. The number of para-hydroxylation sites is 1. The van der Waals surface area contributed by atoms with Crippen LogP contribution < -0.4 is 20.1 Å². The van der Waals surface area contributed by atoms with E-state index in [0.29, 0.717) is 24.6 Å². The number of hydrogen-bond acceptors (Lipinski definition) is 3. The molecule has 148 valence electrons. The van der Waals surface area contributed by atoms with Gasteiger partial charge in [0.25, 0.3) is 0 Å². The number of alkyl halides is 2. The molecule has 0 bridgehead atoms. The van der Waals surface area contributed by atoms with E-state index in [-0.39, 0.29) is 29.7 Å². The van der Waals surface area contributed by atoms with Crippen LogP contribution in [0.5, 0.6) is 11.5 Å². The van der Waals surface area contributed by atoms with Gasteiger partial charge in [0.05, 0.1) is 7.11 Å². The van der Waals surface area contributed by atoms with Crippen LogP contribution in [0.25, 0.3) is 0 Å². The van der Waals surface area contributed by atoms with Gasteiger partial charge in [-0.3, -0.25) is 4.99 Å². The molecule has 2 aromatic carbocycles. The van der Waals surface area contributed by atoms with E-state index in [1.807, 2.05) is 24.3 Å². The number of methoxy groups -OCH3 is 1. The van der Waals surface area contributed by atoms with Crippen molar-refractivity contribution < 1.29 is 18.3 Å².